The Hall–Kier alpha value is -3.06. The van der Waals surface area contributed by atoms with Crippen LogP contribution in [-0.4, -0.2) is 45.9 Å². The Kier molecular flexibility index (Phi) is 6.31. The second-order valence-corrected chi connectivity index (χ2v) is 7.22. The molecule has 162 valence electrons. The van der Waals surface area contributed by atoms with Gasteiger partial charge in [0, 0.05) is 17.8 Å². The van der Waals surface area contributed by atoms with Crippen LogP contribution in [0.5, 0.6) is 28.7 Å². The quantitative estimate of drug-likeness (QED) is 0.655. The molecule has 7 heteroatoms. The van der Waals surface area contributed by atoms with Crippen molar-refractivity contribution in [1.82, 2.24) is 0 Å². The third-order valence-corrected chi connectivity index (χ3v) is 5.04. The van der Waals surface area contributed by atoms with Gasteiger partial charge in [0.05, 0.1) is 40.6 Å². The predicted molar refractivity (Wildman–Crippen MR) is 115 cm³/mol. The molecule has 0 saturated carbocycles. The number of hydrogen-bond donors (Lipinski definition) is 1. The van der Waals surface area contributed by atoms with E-state index in [0.717, 1.165) is 11.3 Å². The number of nitrogens with zero attached hydrogens (tertiary/aromatic N) is 1. The van der Waals surface area contributed by atoms with Gasteiger partial charge in [-0.2, -0.15) is 0 Å². The van der Waals surface area contributed by atoms with Gasteiger partial charge in [0.25, 0.3) is 0 Å². The van der Waals surface area contributed by atoms with E-state index >= 15 is 0 Å². The number of aliphatic hydroxyl groups excluding tert-OH is 1. The van der Waals surface area contributed by atoms with Gasteiger partial charge in [0.15, 0.2) is 29.2 Å². The molecule has 1 N–H and O–H groups in total. The van der Waals surface area contributed by atoms with E-state index in [-0.39, 0.29) is 12.1 Å². The summed E-state index contributed by atoms with van der Waals surface area (Å²) in [5, 5.41) is 10.7. The fourth-order valence-corrected chi connectivity index (χ4v) is 3.65. The minimum atomic E-state index is -0.839. The van der Waals surface area contributed by atoms with E-state index in [4.69, 9.17) is 23.7 Å². The minimum Gasteiger partial charge on any atom is -0.493 e. The van der Waals surface area contributed by atoms with E-state index in [1.807, 2.05) is 36.9 Å². The number of hydrogen-bond acceptors (Lipinski definition) is 7. The maximum Gasteiger partial charge on any atom is 0.203 e. The topological polar surface area (TPSA) is 69.6 Å². The van der Waals surface area contributed by atoms with E-state index in [2.05, 4.69) is 6.58 Å². The van der Waals surface area contributed by atoms with E-state index in [0.29, 0.717) is 34.3 Å². The lowest BCUT2D eigenvalue weighted by atomic mass is 9.87. The molecule has 2 aromatic carbocycles. The molecule has 2 aromatic rings. The van der Waals surface area contributed by atoms with Gasteiger partial charge in [0.1, 0.15) is 0 Å². The number of benzene rings is 2. The van der Waals surface area contributed by atoms with Crippen LogP contribution < -0.4 is 28.6 Å². The van der Waals surface area contributed by atoms with Crippen molar-refractivity contribution in [2.75, 3.05) is 33.3 Å². The fourth-order valence-electron chi connectivity index (χ4n) is 3.65. The smallest absolute Gasteiger partial charge is 0.203 e. The predicted octanol–water partition coefficient (Wildman–Crippen LogP) is 3.94. The molecule has 0 radical (unpaired) electrons. The molecule has 1 aliphatic heterocycles. The molecular formula is C23H29NO6. The summed E-state index contributed by atoms with van der Waals surface area (Å²) in [7, 11) is 6.28. The van der Waals surface area contributed by atoms with Crippen molar-refractivity contribution >= 4 is 5.69 Å². The zero-order valence-electron chi connectivity index (χ0n) is 18.3. The molecule has 1 saturated heterocycles. The van der Waals surface area contributed by atoms with Crippen LogP contribution in [0.4, 0.5) is 5.69 Å². The van der Waals surface area contributed by atoms with Gasteiger partial charge < -0.3 is 33.7 Å². The molecule has 7 nitrogen and oxygen atoms in total. The van der Waals surface area contributed by atoms with Crippen LogP contribution >= 0.6 is 0 Å². The first kappa shape index (κ1) is 21.6. The summed E-state index contributed by atoms with van der Waals surface area (Å²) < 4.78 is 27.7. The maximum atomic E-state index is 10.7. The molecule has 2 unspecified atom stereocenters. The summed E-state index contributed by atoms with van der Waals surface area (Å²) in [6.07, 6.45) is -0.843. The number of methoxy groups -OCH3 is 4. The highest BCUT2D eigenvalue weighted by molar-refractivity contribution is 5.68. The summed E-state index contributed by atoms with van der Waals surface area (Å²) in [6.45, 7) is 7.99. The van der Waals surface area contributed by atoms with Crippen molar-refractivity contribution in [3.8, 4) is 28.7 Å². The zero-order chi connectivity index (χ0) is 22.0. The van der Waals surface area contributed by atoms with Crippen molar-refractivity contribution in [2.24, 2.45) is 0 Å². The van der Waals surface area contributed by atoms with Gasteiger partial charge in [-0.25, -0.2) is 0 Å². The molecule has 3 rings (SSSR count). The van der Waals surface area contributed by atoms with E-state index in [9.17, 15) is 5.11 Å². The molecule has 1 heterocycles. The first-order valence-corrected chi connectivity index (χ1v) is 9.65. The van der Waals surface area contributed by atoms with E-state index < -0.39 is 6.23 Å². The first-order valence-electron chi connectivity index (χ1n) is 9.65. The summed E-state index contributed by atoms with van der Waals surface area (Å²) >= 11 is 0. The number of aliphatic hydroxyl groups is 1. The summed E-state index contributed by atoms with van der Waals surface area (Å²) in [5.41, 5.74) is 2.33. The molecule has 2 atom stereocenters. The van der Waals surface area contributed by atoms with Crippen LogP contribution in [0.15, 0.2) is 42.5 Å². The Bertz CT molecular complexity index is 901. The summed E-state index contributed by atoms with van der Waals surface area (Å²) in [4.78, 5) is 1.84. The number of rotatable bonds is 8. The number of anilines is 1. The van der Waals surface area contributed by atoms with E-state index in [1.54, 1.807) is 40.6 Å². The Labute approximate surface area is 177 Å². The molecule has 0 aliphatic carbocycles. The molecule has 0 amide bonds. The van der Waals surface area contributed by atoms with Crippen LogP contribution in [0.1, 0.15) is 25.5 Å². The minimum absolute atomic E-state index is 0.00412. The van der Waals surface area contributed by atoms with Crippen LogP contribution in [0.25, 0.3) is 0 Å². The SMILES string of the molecule is C=C1C(O)N(c2cc(OC)c(OC)c(OC)c2)C1c1ccc(OC)c(OC(C)C)c1. The van der Waals surface area contributed by atoms with Gasteiger partial charge >= 0.3 is 0 Å². The standard InChI is InChI=1S/C23H29NO6/c1-13(2)30-18-10-15(8-9-17(18)26-4)21-14(3)23(25)24(21)16-11-19(27-5)22(29-7)20(12-16)28-6/h8-13,21,23,25H,3H2,1-2,4-7H3. The van der Waals surface area contributed by atoms with E-state index in [1.165, 1.54) is 0 Å². The second kappa shape index (κ2) is 8.75. The molecular weight excluding hydrogens is 386 g/mol. The van der Waals surface area contributed by atoms with Crippen molar-refractivity contribution in [3.63, 3.8) is 0 Å². The third kappa shape index (κ3) is 3.73. The number of ether oxygens (including phenoxy) is 5. The Morgan fingerprint density at radius 2 is 1.47 bits per heavy atom. The monoisotopic (exact) mass is 415 g/mol. The van der Waals surface area contributed by atoms with Gasteiger partial charge in [-0.15, -0.1) is 0 Å². The van der Waals surface area contributed by atoms with Crippen molar-refractivity contribution in [2.45, 2.75) is 32.2 Å². The largest absolute Gasteiger partial charge is 0.493 e. The zero-order valence-corrected chi connectivity index (χ0v) is 18.3. The Morgan fingerprint density at radius 1 is 0.867 bits per heavy atom. The van der Waals surface area contributed by atoms with Crippen LogP contribution in [0.3, 0.4) is 0 Å². The fraction of sp³-hybridized carbons (Fsp3) is 0.391. The van der Waals surface area contributed by atoms with Gasteiger partial charge in [0.2, 0.25) is 5.75 Å². The second-order valence-electron chi connectivity index (χ2n) is 7.22. The Balaban J connectivity index is 2.04. The average Bonchev–Trinajstić information content (AvgIpc) is 2.75. The highest BCUT2D eigenvalue weighted by Crippen LogP contribution is 2.50. The first-order chi connectivity index (χ1) is 14.4. The maximum absolute atomic E-state index is 10.7. The molecule has 1 aliphatic rings. The molecule has 30 heavy (non-hydrogen) atoms. The van der Waals surface area contributed by atoms with Crippen LogP contribution in [0.2, 0.25) is 0 Å². The van der Waals surface area contributed by atoms with Crippen LogP contribution in [-0.2, 0) is 0 Å². The van der Waals surface area contributed by atoms with Gasteiger partial charge in [-0.05, 0) is 37.1 Å². The average molecular weight is 415 g/mol. The molecule has 0 spiro atoms. The van der Waals surface area contributed by atoms with Crippen molar-refractivity contribution in [3.05, 3.63) is 48.0 Å². The van der Waals surface area contributed by atoms with Crippen LogP contribution in [0, 0.1) is 0 Å². The summed E-state index contributed by atoms with van der Waals surface area (Å²) in [6, 6.07) is 9.09. The van der Waals surface area contributed by atoms with Crippen molar-refractivity contribution < 1.29 is 28.8 Å². The summed E-state index contributed by atoms with van der Waals surface area (Å²) in [5.74, 6) is 2.80. The third-order valence-electron chi connectivity index (χ3n) is 5.04. The van der Waals surface area contributed by atoms with Gasteiger partial charge in [-0.1, -0.05) is 12.6 Å². The van der Waals surface area contributed by atoms with Crippen molar-refractivity contribution in [1.29, 1.82) is 0 Å². The lowest BCUT2D eigenvalue weighted by molar-refractivity contribution is 0.144. The Morgan fingerprint density at radius 3 is 1.97 bits per heavy atom. The highest BCUT2D eigenvalue weighted by atomic mass is 16.5. The normalized spacial score (nSPS) is 18.1. The lowest BCUT2D eigenvalue weighted by Gasteiger charge is -2.49. The highest BCUT2D eigenvalue weighted by Gasteiger charge is 2.43. The molecule has 0 aromatic heterocycles. The molecule has 1 fully saturated rings. The molecule has 0 bridgehead atoms. The van der Waals surface area contributed by atoms with Gasteiger partial charge in [-0.3, -0.25) is 0 Å². The lowest BCUT2D eigenvalue weighted by Crippen LogP contribution is -2.52.